The maximum atomic E-state index is 13.0. The SMILES string of the molecule is Cc1ncsc1CN1CCC(C(O)c2ccc(F)cc2)CC1. The Kier molecular flexibility index (Phi) is 4.86. The van der Waals surface area contributed by atoms with Gasteiger partial charge in [0.1, 0.15) is 5.82 Å². The van der Waals surface area contributed by atoms with Crippen molar-refractivity contribution >= 4 is 11.3 Å². The van der Waals surface area contributed by atoms with E-state index >= 15 is 0 Å². The molecule has 0 bridgehead atoms. The van der Waals surface area contributed by atoms with Gasteiger partial charge in [-0.25, -0.2) is 9.37 Å². The van der Waals surface area contributed by atoms with E-state index in [2.05, 4.69) is 16.8 Å². The number of aliphatic hydroxyl groups is 1. The first-order valence-corrected chi connectivity index (χ1v) is 8.56. The molecule has 22 heavy (non-hydrogen) atoms. The van der Waals surface area contributed by atoms with E-state index in [1.165, 1.54) is 17.0 Å². The fourth-order valence-electron chi connectivity index (χ4n) is 3.04. The molecule has 3 nitrogen and oxygen atoms in total. The number of piperidine rings is 1. The van der Waals surface area contributed by atoms with Gasteiger partial charge in [0.2, 0.25) is 0 Å². The maximum Gasteiger partial charge on any atom is 0.123 e. The average molecular weight is 320 g/mol. The molecule has 2 aromatic rings. The number of benzene rings is 1. The highest BCUT2D eigenvalue weighted by Crippen LogP contribution is 2.31. The summed E-state index contributed by atoms with van der Waals surface area (Å²) < 4.78 is 13.0. The second-order valence-corrected chi connectivity index (χ2v) is 6.91. The van der Waals surface area contributed by atoms with E-state index in [4.69, 9.17) is 0 Å². The Morgan fingerprint density at radius 1 is 1.32 bits per heavy atom. The molecule has 1 aromatic heterocycles. The molecule has 1 aliphatic heterocycles. The molecule has 0 saturated carbocycles. The van der Waals surface area contributed by atoms with Gasteiger partial charge in [-0.05, 0) is 56.5 Å². The molecular formula is C17H21FN2OS. The van der Waals surface area contributed by atoms with E-state index in [0.29, 0.717) is 0 Å². The first kappa shape index (κ1) is 15.6. The van der Waals surface area contributed by atoms with Crippen LogP contribution in [0.1, 0.15) is 35.1 Å². The number of likely N-dealkylation sites (tertiary alicyclic amines) is 1. The highest BCUT2D eigenvalue weighted by molar-refractivity contribution is 7.09. The minimum Gasteiger partial charge on any atom is -0.388 e. The number of thiazole rings is 1. The normalized spacial score (nSPS) is 18.5. The van der Waals surface area contributed by atoms with Crippen molar-refractivity contribution in [3.05, 3.63) is 51.7 Å². The number of hydrogen-bond donors (Lipinski definition) is 1. The number of halogens is 1. The third kappa shape index (κ3) is 3.54. The van der Waals surface area contributed by atoms with Gasteiger partial charge in [-0.1, -0.05) is 12.1 Å². The molecule has 5 heteroatoms. The Hall–Kier alpha value is -1.30. The lowest BCUT2D eigenvalue weighted by Gasteiger charge is -2.34. The van der Waals surface area contributed by atoms with Crippen LogP contribution in [0.25, 0.3) is 0 Å². The molecule has 118 valence electrons. The zero-order chi connectivity index (χ0) is 15.5. The summed E-state index contributed by atoms with van der Waals surface area (Å²) in [6, 6.07) is 6.21. The number of hydrogen-bond acceptors (Lipinski definition) is 4. The van der Waals surface area contributed by atoms with Crippen molar-refractivity contribution in [2.24, 2.45) is 5.92 Å². The summed E-state index contributed by atoms with van der Waals surface area (Å²) in [5.74, 6) is -0.00466. The average Bonchev–Trinajstić information content (AvgIpc) is 2.93. The fraction of sp³-hybridized carbons (Fsp3) is 0.471. The van der Waals surface area contributed by atoms with Crippen molar-refractivity contribution in [3.63, 3.8) is 0 Å². The van der Waals surface area contributed by atoms with Crippen LogP contribution in [0, 0.1) is 18.7 Å². The molecule has 1 N–H and O–H groups in total. The lowest BCUT2D eigenvalue weighted by molar-refractivity contribution is 0.0569. The van der Waals surface area contributed by atoms with Crippen LogP contribution >= 0.6 is 11.3 Å². The zero-order valence-electron chi connectivity index (χ0n) is 12.7. The second-order valence-electron chi connectivity index (χ2n) is 5.97. The van der Waals surface area contributed by atoms with Gasteiger partial charge in [0.25, 0.3) is 0 Å². The molecule has 1 unspecified atom stereocenters. The van der Waals surface area contributed by atoms with Gasteiger partial charge in [-0.15, -0.1) is 11.3 Å². The van der Waals surface area contributed by atoms with Gasteiger partial charge in [0, 0.05) is 11.4 Å². The van der Waals surface area contributed by atoms with Crippen LogP contribution < -0.4 is 0 Å². The zero-order valence-corrected chi connectivity index (χ0v) is 13.5. The number of aliphatic hydroxyl groups excluding tert-OH is 1. The van der Waals surface area contributed by atoms with Gasteiger partial charge in [-0.2, -0.15) is 0 Å². The van der Waals surface area contributed by atoms with Gasteiger partial charge < -0.3 is 5.11 Å². The predicted molar refractivity (Wildman–Crippen MR) is 86.2 cm³/mol. The lowest BCUT2D eigenvalue weighted by atomic mass is 9.87. The Labute approximate surface area is 134 Å². The van der Waals surface area contributed by atoms with E-state index in [0.717, 1.165) is 43.7 Å². The van der Waals surface area contributed by atoms with Crippen LogP contribution in [0.5, 0.6) is 0 Å². The molecular weight excluding hydrogens is 299 g/mol. The van der Waals surface area contributed by atoms with Crippen molar-refractivity contribution < 1.29 is 9.50 Å². The topological polar surface area (TPSA) is 36.4 Å². The number of aryl methyl sites for hydroxylation is 1. The molecule has 0 aliphatic carbocycles. The Balaban J connectivity index is 1.55. The van der Waals surface area contributed by atoms with Crippen molar-refractivity contribution in [2.45, 2.75) is 32.4 Å². The summed E-state index contributed by atoms with van der Waals surface area (Å²) >= 11 is 1.71. The van der Waals surface area contributed by atoms with Crippen LogP contribution in [-0.2, 0) is 6.54 Å². The van der Waals surface area contributed by atoms with Crippen molar-refractivity contribution in [2.75, 3.05) is 13.1 Å². The number of rotatable bonds is 4. The highest BCUT2D eigenvalue weighted by Gasteiger charge is 2.26. The molecule has 1 atom stereocenters. The minimum absolute atomic E-state index is 0.254. The maximum absolute atomic E-state index is 13.0. The van der Waals surface area contributed by atoms with Crippen molar-refractivity contribution in [1.29, 1.82) is 0 Å². The molecule has 3 rings (SSSR count). The summed E-state index contributed by atoms with van der Waals surface area (Å²) in [6.45, 7) is 4.98. The number of nitrogens with zero attached hydrogens (tertiary/aromatic N) is 2. The Morgan fingerprint density at radius 2 is 2.00 bits per heavy atom. The first-order valence-electron chi connectivity index (χ1n) is 7.68. The second kappa shape index (κ2) is 6.86. The third-order valence-electron chi connectivity index (χ3n) is 4.50. The lowest BCUT2D eigenvalue weighted by Crippen LogP contribution is -2.35. The largest absolute Gasteiger partial charge is 0.388 e. The smallest absolute Gasteiger partial charge is 0.123 e. The fourth-order valence-corrected chi connectivity index (χ4v) is 3.86. The van der Waals surface area contributed by atoms with Crippen LogP contribution in [0.15, 0.2) is 29.8 Å². The predicted octanol–water partition coefficient (Wildman–Crippen LogP) is 3.54. The quantitative estimate of drug-likeness (QED) is 0.936. The molecule has 0 spiro atoms. The summed E-state index contributed by atoms with van der Waals surface area (Å²) in [7, 11) is 0. The Morgan fingerprint density at radius 3 is 2.59 bits per heavy atom. The van der Waals surface area contributed by atoms with Crippen LogP contribution in [0.4, 0.5) is 4.39 Å². The van der Waals surface area contributed by atoms with E-state index in [-0.39, 0.29) is 11.7 Å². The number of aromatic nitrogens is 1. The molecule has 1 aliphatic rings. The summed E-state index contributed by atoms with van der Waals surface area (Å²) in [5.41, 5.74) is 3.84. The first-order chi connectivity index (χ1) is 10.6. The highest BCUT2D eigenvalue weighted by atomic mass is 32.1. The molecule has 2 heterocycles. The summed E-state index contributed by atoms with van der Waals surface area (Å²) in [6.07, 6.45) is 1.44. The molecule has 1 aromatic carbocycles. The van der Waals surface area contributed by atoms with Crippen molar-refractivity contribution in [3.8, 4) is 0 Å². The van der Waals surface area contributed by atoms with Gasteiger partial charge in [-0.3, -0.25) is 4.90 Å². The van der Waals surface area contributed by atoms with E-state index in [9.17, 15) is 9.50 Å². The van der Waals surface area contributed by atoms with Gasteiger partial charge >= 0.3 is 0 Å². The monoisotopic (exact) mass is 320 g/mol. The third-order valence-corrected chi connectivity index (χ3v) is 5.42. The standard InChI is InChI=1S/C17H21FN2OS/c1-12-16(22-11-19-12)10-20-8-6-14(7-9-20)17(21)13-2-4-15(18)5-3-13/h2-5,11,14,17,21H,6-10H2,1H3. The van der Waals surface area contributed by atoms with Gasteiger partial charge in [0.05, 0.1) is 17.3 Å². The van der Waals surface area contributed by atoms with Gasteiger partial charge in [0.15, 0.2) is 0 Å². The molecule has 1 saturated heterocycles. The van der Waals surface area contributed by atoms with Crippen LogP contribution in [0.3, 0.4) is 0 Å². The summed E-state index contributed by atoms with van der Waals surface area (Å²) in [5, 5.41) is 10.5. The van der Waals surface area contributed by atoms with Crippen LogP contribution in [0.2, 0.25) is 0 Å². The van der Waals surface area contributed by atoms with Crippen LogP contribution in [-0.4, -0.2) is 28.1 Å². The minimum atomic E-state index is -0.493. The Bertz CT molecular complexity index is 605. The van der Waals surface area contributed by atoms with E-state index < -0.39 is 6.10 Å². The van der Waals surface area contributed by atoms with E-state index in [1.807, 2.05) is 5.51 Å². The summed E-state index contributed by atoms with van der Waals surface area (Å²) in [4.78, 5) is 8.05. The van der Waals surface area contributed by atoms with E-state index in [1.54, 1.807) is 23.5 Å². The van der Waals surface area contributed by atoms with Crippen molar-refractivity contribution in [1.82, 2.24) is 9.88 Å². The molecule has 0 amide bonds. The molecule has 1 fully saturated rings. The molecule has 0 radical (unpaired) electrons.